The van der Waals surface area contributed by atoms with Crippen molar-refractivity contribution < 1.29 is 9.47 Å². The second kappa shape index (κ2) is 5.79. The van der Waals surface area contributed by atoms with E-state index in [1.807, 2.05) is 25.1 Å². The van der Waals surface area contributed by atoms with Gasteiger partial charge < -0.3 is 15.2 Å². The van der Waals surface area contributed by atoms with Gasteiger partial charge >= 0.3 is 0 Å². The Labute approximate surface area is 128 Å². The van der Waals surface area contributed by atoms with E-state index >= 15 is 0 Å². The summed E-state index contributed by atoms with van der Waals surface area (Å²) >= 11 is 6.86. The number of halogens is 2. The lowest BCUT2D eigenvalue weighted by molar-refractivity contribution is 0.408. The Balaban J connectivity index is 2.35. The predicted octanol–water partition coefficient (Wildman–Crippen LogP) is 4.30. The van der Waals surface area contributed by atoms with E-state index in [2.05, 4.69) is 36.8 Å². The van der Waals surface area contributed by atoms with E-state index < -0.39 is 0 Å². The molecule has 0 saturated heterocycles. The molecule has 0 spiro atoms. The third kappa shape index (κ3) is 3.19. The molecule has 0 amide bonds. The first-order chi connectivity index (χ1) is 9.01. The number of ether oxygens (including phenoxy) is 2. The number of aromatic nitrogens is 1. The Morgan fingerprint density at radius 3 is 2.37 bits per heavy atom. The molecule has 19 heavy (non-hydrogen) atoms. The van der Waals surface area contributed by atoms with Gasteiger partial charge in [-0.15, -0.1) is 0 Å². The lowest BCUT2D eigenvalue weighted by atomic mass is 10.3. The Morgan fingerprint density at radius 1 is 1.11 bits per heavy atom. The molecule has 0 atom stereocenters. The van der Waals surface area contributed by atoms with Gasteiger partial charge in [-0.25, -0.2) is 4.98 Å². The van der Waals surface area contributed by atoms with Crippen LogP contribution in [0.1, 0.15) is 5.56 Å². The summed E-state index contributed by atoms with van der Waals surface area (Å²) in [4.78, 5) is 4.17. The SMILES string of the molecule is COc1cc(Br)c(Oc2ncc(N)cc2C)cc1Br. The summed E-state index contributed by atoms with van der Waals surface area (Å²) in [6.07, 6.45) is 1.56. The molecule has 1 aromatic carbocycles. The van der Waals surface area contributed by atoms with Crippen molar-refractivity contribution in [2.75, 3.05) is 12.8 Å². The van der Waals surface area contributed by atoms with Crippen molar-refractivity contribution in [1.82, 2.24) is 4.98 Å². The monoisotopic (exact) mass is 386 g/mol. The van der Waals surface area contributed by atoms with Gasteiger partial charge in [0, 0.05) is 5.56 Å². The van der Waals surface area contributed by atoms with Gasteiger partial charge in [-0.1, -0.05) is 0 Å². The van der Waals surface area contributed by atoms with Crippen molar-refractivity contribution in [2.24, 2.45) is 0 Å². The van der Waals surface area contributed by atoms with Gasteiger partial charge in [0.1, 0.15) is 11.5 Å². The number of nitrogens with two attached hydrogens (primary N) is 1. The zero-order chi connectivity index (χ0) is 14.0. The van der Waals surface area contributed by atoms with Crippen LogP contribution in [0.5, 0.6) is 17.4 Å². The molecule has 2 aromatic rings. The summed E-state index contributed by atoms with van der Waals surface area (Å²) in [5.74, 6) is 1.89. The molecule has 2 rings (SSSR count). The zero-order valence-corrected chi connectivity index (χ0v) is 13.6. The van der Waals surface area contributed by atoms with Crippen LogP contribution in [0.3, 0.4) is 0 Å². The number of pyridine rings is 1. The number of aryl methyl sites for hydroxylation is 1. The maximum Gasteiger partial charge on any atom is 0.222 e. The molecule has 0 unspecified atom stereocenters. The van der Waals surface area contributed by atoms with Gasteiger partial charge in [-0.2, -0.15) is 0 Å². The van der Waals surface area contributed by atoms with E-state index in [1.54, 1.807) is 13.3 Å². The summed E-state index contributed by atoms with van der Waals surface area (Å²) in [7, 11) is 1.61. The molecule has 0 aliphatic carbocycles. The topological polar surface area (TPSA) is 57.4 Å². The molecule has 4 nitrogen and oxygen atoms in total. The van der Waals surface area contributed by atoms with Crippen LogP contribution < -0.4 is 15.2 Å². The Kier molecular flexibility index (Phi) is 4.31. The number of rotatable bonds is 3. The number of hydrogen-bond donors (Lipinski definition) is 1. The Morgan fingerprint density at radius 2 is 1.74 bits per heavy atom. The molecule has 1 aromatic heterocycles. The van der Waals surface area contributed by atoms with Crippen molar-refractivity contribution >= 4 is 37.5 Å². The van der Waals surface area contributed by atoms with Crippen LogP contribution in [-0.2, 0) is 0 Å². The van der Waals surface area contributed by atoms with E-state index in [4.69, 9.17) is 15.2 Å². The molecule has 0 bridgehead atoms. The quantitative estimate of drug-likeness (QED) is 0.852. The second-order valence-electron chi connectivity index (χ2n) is 3.91. The summed E-state index contributed by atoms with van der Waals surface area (Å²) in [5.41, 5.74) is 7.15. The fourth-order valence-corrected chi connectivity index (χ4v) is 2.43. The minimum Gasteiger partial charge on any atom is -0.496 e. The van der Waals surface area contributed by atoms with Gasteiger partial charge in [0.25, 0.3) is 0 Å². The first kappa shape index (κ1) is 14.1. The lowest BCUT2D eigenvalue weighted by Gasteiger charge is -2.11. The molecule has 0 radical (unpaired) electrons. The molecule has 0 aliphatic heterocycles. The van der Waals surface area contributed by atoms with E-state index in [1.165, 1.54) is 0 Å². The average Bonchev–Trinajstić information content (AvgIpc) is 2.36. The van der Waals surface area contributed by atoms with Gasteiger partial charge in [0.05, 0.1) is 27.9 Å². The van der Waals surface area contributed by atoms with E-state index in [0.29, 0.717) is 17.3 Å². The standard InChI is InChI=1S/C13H12Br2N2O2/c1-7-3-8(16)6-17-13(7)19-12-5-9(14)11(18-2)4-10(12)15/h3-6H,16H2,1-2H3. The molecule has 6 heteroatoms. The van der Waals surface area contributed by atoms with E-state index in [0.717, 1.165) is 20.3 Å². The average molecular weight is 388 g/mol. The highest BCUT2D eigenvalue weighted by Crippen LogP contribution is 2.38. The molecule has 2 N–H and O–H groups in total. The fraction of sp³-hybridized carbons (Fsp3) is 0.154. The summed E-state index contributed by atoms with van der Waals surface area (Å²) in [5, 5.41) is 0. The van der Waals surface area contributed by atoms with Gasteiger partial charge in [-0.3, -0.25) is 0 Å². The first-order valence-corrected chi connectivity index (χ1v) is 7.03. The third-order valence-electron chi connectivity index (χ3n) is 2.46. The highest BCUT2D eigenvalue weighted by atomic mass is 79.9. The van der Waals surface area contributed by atoms with E-state index in [-0.39, 0.29) is 0 Å². The normalized spacial score (nSPS) is 10.3. The Bertz CT molecular complexity index is 618. The predicted molar refractivity (Wildman–Crippen MR) is 81.9 cm³/mol. The van der Waals surface area contributed by atoms with Gasteiger partial charge in [-0.05, 0) is 57.0 Å². The molecular formula is C13H12Br2N2O2. The van der Waals surface area contributed by atoms with Crippen molar-refractivity contribution in [3.63, 3.8) is 0 Å². The van der Waals surface area contributed by atoms with Crippen LogP contribution in [0.4, 0.5) is 5.69 Å². The minimum absolute atomic E-state index is 0.520. The number of anilines is 1. The maximum atomic E-state index is 5.78. The number of hydrogen-bond acceptors (Lipinski definition) is 4. The third-order valence-corrected chi connectivity index (χ3v) is 3.70. The summed E-state index contributed by atoms with van der Waals surface area (Å²) in [6.45, 7) is 1.89. The molecule has 100 valence electrons. The maximum absolute atomic E-state index is 5.78. The number of nitrogens with zero attached hydrogens (tertiary/aromatic N) is 1. The first-order valence-electron chi connectivity index (χ1n) is 5.44. The highest BCUT2D eigenvalue weighted by molar-refractivity contribution is 9.11. The lowest BCUT2D eigenvalue weighted by Crippen LogP contribution is -1.95. The minimum atomic E-state index is 0.520. The molecule has 1 heterocycles. The zero-order valence-electron chi connectivity index (χ0n) is 10.4. The number of nitrogen functional groups attached to an aromatic ring is 1. The molecular weight excluding hydrogens is 376 g/mol. The van der Waals surface area contributed by atoms with Crippen molar-refractivity contribution in [3.8, 4) is 17.4 Å². The molecule has 0 fully saturated rings. The van der Waals surface area contributed by atoms with E-state index in [9.17, 15) is 0 Å². The van der Waals surface area contributed by atoms with Crippen LogP contribution >= 0.6 is 31.9 Å². The van der Waals surface area contributed by atoms with Crippen molar-refractivity contribution in [2.45, 2.75) is 6.92 Å². The second-order valence-corrected chi connectivity index (χ2v) is 5.62. The van der Waals surface area contributed by atoms with Crippen LogP contribution in [0.15, 0.2) is 33.3 Å². The van der Waals surface area contributed by atoms with Gasteiger partial charge in [0.2, 0.25) is 5.88 Å². The smallest absolute Gasteiger partial charge is 0.222 e. The van der Waals surface area contributed by atoms with Crippen LogP contribution in [0, 0.1) is 6.92 Å². The fourth-order valence-electron chi connectivity index (χ4n) is 1.54. The van der Waals surface area contributed by atoms with Crippen LogP contribution in [-0.4, -0.2) is 12.1 Å². The molecule has 0 aliphatic rings. The van der Waals surface area contributed by atoms with Crippen LogP contribution in [0.2, 0.25) is 0 Å². The largest absolute Gasteiger partial charge is 0.496 e. The summed E-state index contributed by atoms with van der Waals surface area (Å²) < 4.78 is 12.6. The number of methoxy groups -OCH3 is 1. The Hall–Kier alpha value is -1.27. The van der Waals surface area contributed by atoms with Crippen molar-refractivity contribution in [1.29, 1.82) is 0 Å². The highest BCUT2D eigenvalue weighted by Gasteiger charge is 2.11. The number of benzene rings is 1. The van der Waals surface area contributed by atoms with Crippen molar-refractivity contribution in [3.05, 3.63) is 38.9 Å². The summed E-state index contributed by atoms with van der Waals surface area (Å²) in [6, 6.07) is 5.46. The van der Waals surface area contributed by atoms with Crippen LogP contribution in [0.25, 0.3) is 0 Å². The van der Waals surface area contributed by atoms with Gasteiger partial charge in [0.15, 0.2) is 0 Å². The molecule has 0 saturated carbocycles.